The van der Waals surface area contributed by atoms with E-state index in [0.717, 1.165) is 25.3 Å². The van der Waals surface area contributed by atoms with Crippen LogP contribution in [0.2, 0.25) is 0 Å². The quantitative estimate of drug-likeness (QED) is 0.886. The van der Waals surface area contributed by atoms with Gasteiger partial charge in [-0.2, -0.15) is 0 Å². The van der Waals surface area contributed by atoms with Crippen molar-refractivity contribution in [3.05, 3.63) is 29.3 Å². The number of benzene rings is 1. The van der Waals surface area contributed by atoms with Gasteiger partial charge in [-0.05, 0) is 50.4 Å². The first-order valence-electron chi connectivity index (χ1n) is 7.26. The van der Waals surface area contributed by atoms with Crippen LogP contribution in [0.1, 0.15) is 30.4 Å². The average molecular weight is 263 g/mol. The van der Waals surface area contributed by atoms with Crippen LogP contribution in [0.5, 0.6) is 5.75 Å². The molecule has 1 aromatic carbocycles. The minimum Gasteiger partial charge on any atom is -0.492 e. The lowest BCUT2D eigenvalue weighted by Gasteiger charge is -2.34. The second-order valence-corrected chi connectivity index (χ2v) is 5.41. The fraction of sp³-hybridized carbons (Fsp3) is 0.625. The Hall–Kier alpha value is -1.06. The van der Waals surface area contributed by atoms with Crippen molar-refractivity contribution in [1.82, 2.24) is 4.90 Å². The first-order valence-corrected chi connectivity index (χ1v) is 7.26. The van der Waals surface area contributed by atoms with E-state index in [-0.39, 0.29) is 6.61 Å². The lowest BCUT2D eigenvalue weighted by Crippen LogP contribution is -2.43. The molecule has 1 saturated heterocycles. The van der Waals surface area contributed by atoms with Crippen LogP contribution in [0.4, 0.5) is 0 Å². The minimum absolute atomic E-state index is 0.267. The lowest BCUT2D eigenvalue weighted by molar-refractivity contribution is 0.0772. The predicted octanol–water partition coefficient (Wildman–Crippen LogP) is 2.53. The number of likely N-dealkylation sites (tertiary alicyclic amines) is 1. The molecule has 1 aliphatic rings. The van der Waals surface area contributed by atoms with Crippen LogP contribution in [-0.2, 0) is 0 Å². The van der Waals surface area contributed by atoms with E-state index in [4.69, 9.17) is 4.74 Å². The van der Waals surface area contributed by atoms with Crippen molar-refractivity contribution in [3.63, 3.8) is 0 Å². The second-order valence-electron chi connectivity index (χ2n) is 5.41. The van der Waals surface area contributed by atoms with Crippen LogP contribution >= 0.6 is 0 Å². The zero-order valence-electron chi connectivity index (χ0n) is 12.1. The Morgan fingerprint density at radius 1 is 1.32 bits per heavy atom. The summed E-state index contributed by atoms with van der Waals surface area (Å²) in [5, 5.41) is 9.38. The highest BCUT2D eigenvalue weighted by Crippen LogP contribution is 2.21. The summed E-state index contributed by atoms with van der Waals surface area (Å²) in [4.78, 5) is 2.36. The molecule has 1 heterocycles. The second kappa shape index (κ2) is 6.92. The minimum atomic E-state index is 0.267. The molecule has 0 radical (unpaired) electrons. The first-order chi connectivity index (χ1) is 9.22. The molecular formula is C16H25NO2. The Kier molecular flexibility index (Phi) is 5.23. The molecule has 0 saturated carbocycles. The number of ether oxygens (including phenoxy) is 1. The van der Waals surface area contributed by atoms with Gasteiger partial charge in [0.1, 0.15) is 12.4 Å². The predicted molar refractivity (Wildman–Crippen MR) is 77.7 cm³/mol. The van der Waals surface area contributed by atoms with Gasteiger partial charge in [-0.15, -0.1) is 0 Å². The topological polar surface area (TPSA) is 32.7 Å². The van der Waals surface area contributed by atoms with Crippen molar-refractivity contribution < 1.29 is 9.84 Å². The maximum Gasteiger partial charge on any atom is 0.122 e. The fourth-order valence-corrected chi connectivity index (χ4v) is 2.71. The molecule has 106 valence electrons. The maximum absolute atomic E-state index is 9.38. The molecule has 3 nitrogen and oxygen atoms in total. The Labute approximate surface area is 116 Å². The van der Waals surface area contributed by atoms with Gasteiger partial charge in [0.15, 0.2) is 0 Å². The standard InChI is InChI=1S/C16H25NO2/c1-13-6-5-8-16(14(13)2)19-11-10-17-9-4-3-7-15(17)12-18/h5-6,8,15,18H,3-4,7,9-12H2,1-2H3/t15-/m0/s1. The third-order valence-corrected chi connectivity index (χ3v) is 4.15. The first kappa shape index (κ1) is 14.4. The smallest absolute Gasteiger partial charge is 0.122 e. The van der Waals surface area contributed by atoms with Gasteiger partial charge < -0.3 is 9.84 Å². The molecule has 0 aromatic heterocycles. The van der Waals surface area contributed by atoms with Crippen molar-refractivity contribution in [2.45, 2.75) is 39.2 Å². The number of aryl methyl sites for hydroxylation is 1. The molecule has 0 aliphatic carbocycles. The zero-order chi connectivity index (χ0) is 13.7. The molecule has 0 bridgehead atoms. The van der Waals surface area contributed by atoms with Gasteiger partial charge in [0.2, 0.25) is 0 Å². The highest BCUT2D eigenvalue weighted by atomic mass is 16.5. The highest BCUT2D eigenvalue weighted by molar-refractivity contribution is 5.38. The van der Waals surface area contributed by atoms with Gasteiger partial charge in [0.05, 0.1) is 6.61 Å². The molecule has 1 atom stereocenters. The molecule has 1 aliphatic heterocycles. The van der Waals surface area contributed by atoms with Crippen molar-refractivity contribution in [2.75, 3.05) is 26.3 Å². The monoisotopic (exact) mass is 263 g/mol. The number of hydrogen-bond donors (Lipinski definition) is 1. The zero-order valence-corrected chi connectivity index (χ0v) is 12.1. The van der Waals surface area contributed by atoms with E-state index in [0.29, 0.717) is 12.6 Å². The van der Waals surface area contributed by atoms with E-state index in [9.17, 15) is 5.11 Å². The van der Waals surface area contributed by atoms with Crippen LogP contribution in [0.25, 0.3) is 0 Å². The molecular weight excluding hydrogens is 238 g/mol. The number of aliphatic hydroxyl groups excluding tert-OH is 1. The molecule has 1 fully saturated rings. The maximum atomic E-state index is 9.38. The van der Waals surface area contributed by atoms with Crippen LogP contribution in [0, 0.1) is 13.8 Å². The van der Waals surface area contributed by atoms with E-state index in [1.807, 2.05) is 12.1 Å². The van der Waals surface area contributed by atoms with Crippen molar-refractivity contribution in [3.8, 4) is 5.75 Å². The van der Waals surface area contributed by atoms with Crippen molar-refractivity contribution in [2.24, 2.45) is 0 Å². The number of nitrogens with zero attached hydrogens (tertiary/aromatic N) is 1. The summed E-state index contributed by atoms with van der Waals surface area (Å²) in [6, 6.07) is 6.50. The summed E-state index contributed by atoms with van der Waals surface area (Å²) in [5.41, 5.74) is 2.49. The summed E-state index contributed by atoms with van der Waals surface area (Å²) < 4.78 is 5.89. The number of aliphatic hydroxyl groups is 1. The number of rotatable bonds is 5. The number of hydrogen-bond acceptors (Lipinski definition) is 3. The van der Waals surface area contributed by atoms with Crippen LogP contribution < -0.4 is 4.74 Å². The van der Waals surface area contributed by atoms with E-state index in [1.54, 1.807) is 0 Å². The average Bonchev–Trinajstić information content (AvgIpc) is 2.44. The molecule has 1 aromatic rings. The van der Waals surface area contributed by atoms with Crippen LogP contribution in [0.15, 0.2) is 18.2 Å². The van der Waals surface area contributed by atoms with E-state index in [2.05, 4.69) is 24.8 Å². The highest BCUT2D eigenvalue weighted by Gasteiger charge is 2.21. The molecule has 0 unspecified atom stereocenters. The van der Waals surface area contributed by atoms with Gasteiger partial charge in [-0.25, -0.2) is 0 Å². The van der Waals surface area contributed by atoms with Gasteiger partial charge in [-0.3, -0.25) is 4.90 Å². The summed E-state index contributed by atoms with van der Waals surface area (Å²) in [5.74, 6) is 0.984. The molecule has 0 spiro atoms. The molecule has 19 heavy (non-hydrogen) atoms. The lowest BCUT2D eigenvalue weighted by atomic mass is 10.0. The molecule has 2 rings (SSSR count). The third kappa shape index (κ3) is 3.71. The number of piperidine rings is 1. The summed E-state index contributed by atoms with van der Waals surface area (Å²) in [6.45, 7) is 7.15. The van der Waals surface area contributed by atoms with Crippen LogP contribution in [0.3, 0.4) is 0 Å². The summed E-state index contributed by atoms with van der Waals surface area (Å²) in [7, 11) is 0. The molecule has 3 heteroatoms. The normalized spacial score (nSPS) is 20.5. The largest absolute Gasteiger partial charge is 0.492 e. The van der Waals surface area contributed by atoms with Gasteiger partial charge in [0, 0.05) is 12.6 Å². The summed E-state index contributed by atoms with van der Waals surface area (Å²) >= 11 is 0. The Balaban J connectivity index is 1.84. The molecule has 1 N–H and O–H groups in total. The van der Waals surface area contributed by atoms with Crippen molar-refractivity contribution in [1.29, 1.82) is 0 Å². The van der Waals surface area contributed by atoms with Crippen LogP contribution in [-0.4, -0.2) is 42.4 Å². The summed E-state index contributed by atoms with van der Waals surface area (Å²) in [6.07, 6.45) is 3.58. The Bertz CT molecular complexity index is 406. The van der Waals surface area contributed by atoms with E-state index >= 15 is 0 Å². The Morgan fingerprint density at radius 2 is 2.16 bits per heavy atom. The van der Waals surface area contributed by atoms with Gasteiger partial charge >= 0.3 is 0 Å². The third-order valence-electron chi connectivity index (χ3n) is 4.15. The van der Waals surface area contributed by atoms with Gasteiger partial charge in [-0.1, -0.05) is 18.6 Å². The fourth-order valence-electron chi connectivity index (χ4n) is 2.71. The van der Waals surface area contributed by atoms with E-state index < -0.39 is 0 Å². The molecule has 0 amide bonds. The SMILES string of the molecule is Cc1cccc(OCCN2CCCC[C@H]2CO)c1C. The van der Waals surface area contributed by atoms with E-state index in [1.165, 1.54) is 24.0 Å². The van der Waals surface area contributed by atoms with Gasteiger partial charge in [0.25, 0.3) is 0 Å². The Morgan fingerprint density at radius 3 is 2.95 bits per heavy atom. The van der Waals surface area contributed by atoms with Crippen molar-refractivity contribution >= 4 is 0 Å².